The molecule has 0 saturated carbocycles. The molecule has 10 heteroatoms. The number of carbonyl (C=O) groups is 2. The molecule has 4 rings (SSSR count). The Kier molecular flexibility index (Phi) is 24.2. The van der Waals surface area contributed by atoms with Gasteiger partial charge in [0.05, 0.1) is 36.0 Å². The van der Waals surface area contributed by atoms with Gasteiger partial charge in [-0.05, 0) is 123 Å². The van der Waals surface area contributed by atoms with Gasteiger partial charge in [-0.2, -0.15) is 20.5 Å². The largest absolute Gasteiger partial charge is 0.494 e. The predicted molar refractivity (Wildman–Crippen MR) is 245 cm³/mol. The average molecular weight is 833 g/mol. The van der Waals surface area contributed by atoms with Crippen LogP contribution in [0.25, 0.3) is 0 Å². The number of rotatable bonds is 32. The first-order valence-corrected chi connectivity index (χ1v) is 22.9. The Balaban J connectivity index is 1.02. The minimum absolute atomic E-state index is 0.253. The third-order valence-electron chi connectivity index (χ3n) is 10.2. The van der Waals surface area contributed by atoms with E-state index >= 15 is 0 Å². The number of hydrogen-bond acceptors (Lipinski definition) is 10. The lowest BCUT2D eigenvalue weighted by Crippen LogP contribution is -2.09. The molecule has 61 heavy (non-hydrogen) atoms. The maximum absolute atomic E-state index is 12.4. The molecule has 0 bridgehead atoms. The van der Waals surface area contributed by atoms with Crippen LogP contribution in [0.1, 0.15) is 149 Å². The summed E-state index contributed by atoms with van der Waals surface area (Å²) >= 11 is 0. The minimum Gasteiger partial charge on any atom is -0.494 e. The molecule has 0 aliphatic carbocycles. The fourth-order valence-electron chi connectivity index (χ4n) is 6.54. The lowest BCUT2D eigenvalue weighted by atomic mass is 10.1. The van der Waals surface area contributed by atoms with E-state index in [0.717, 1.165) is 48.9 Å². The van der Waals surface area contributed by atoms with Gasteiger partial charge in [0.15, 0.2) is 0 Å². The Hall–Kier alpha value is -5.38. The van der Waals surface area contributed by atoms with E-state index in [-0.39, 0.29) is 24.8 Å². The van der Waals surface area contributed by atoms with Crippen LogP contribution in [0, 0.1) is 0 Å². The highest BCUT2D eigenvalue weighted by molar-refractivity contribution is 5.73. The Morgan fingerprint density at radius 1 is 0.344 bits per heavy atom. The number of unbranched alkanes of at least 4 members (excludes halogenated alkanes) is 16. The van der Waals surface area contributed by atoms with Gasteiger partial charge >= 0.3 is 11.9 Å². The average Bonchev–Trinajstić information content (AvgIpc) is 3.28. The van der Waals surface area contributed by atoms with E-state index in [1.807, 2.05) is 48.5 Å². The van der Waals surface area contributed by atoms with Gasteiger partial charge in [-0.3, -0.25) is 9.59 Å². The summed E-state index contributed by atoms with van der Waals surface area (Å²) in [6, 6.07) is 29.0. The molecule has 4 aromatic carbocycles. The highest BCUT2D eigenvalue weighted by Gasteiger charge is 2.08. The first-order chi connectivity index (χ1) is 30.0. The lowest BCUT2D eigenvalue weighted by molar-refractivity contribution is -0.134. The summed E-state index contributed by atoms with van der Waals surface area (Å²) in [6.07, 6.45) is 22.8. The molecule has 4 aromatic rings. The monoisotopic (exact) mass is 833 g/mol. The summed E-state index contributed by atoms with van der Waals surface area (Å²) in [5, 5.41) is 17.2. The van der Waals surface area contributed by atoms with Crippen molar-refractivity contribution in [3.8, 4) is 23.0 Å². The number of esters is 2. The second-order valence-electron chi connectivity index (χ2n) is 15.5. The molecule has 0 unspecified atom stereocenters. The summed E-state index contributed by atoms with van der Waals surface area (Å²) in [7, 11) is 0. The zero-order valence-corrected chi connectivity index (χ0v) is 36.7. The van der Waals surface area contributed by atoms with Crippen molar-refractivity contribution in [2.24, 2.45) is 20.5 Å². The van der Waals surface area contributed by atoms with Crippen molar-refractivity contribution in [3.63, 3.8) is 0 Å². The van der Waals surface area contributed by atoms with Crippen LogP contribution in [-0.2, 0) is 9.59 Å². The Labute approximate surface area is 364 Å². The highest BCUT2D eigenvalue weighted by Crippen LogP contribution is 2.26. The standard InChI is InChI=1S/C51H68N4O6/c1-3-5-7-9-11-13-15-20-40-58-46-32-24-42(25-33-46)52-54-44-28-36-48(37-29-44)60-50(56)22-18-17-19-23-51(57)61-49-38-30-45(31-39-49)55-53-43-26-34-47(35-27-43)59-41-21-16-14-12-10-8-6-4-2/h24-39H,3-23,40-41H2,1-2H3/b54-52+,55-53+. The van der Waals surface area contributed by atoms with Gasteiger partial charge < -0.3 is 18.9 Å². The predicted octanol–water partition coefficient (Wildman–Crippen LogP) is 16.0. The SMILES string of the molecule is CCCCCCCCCCOc1ccc(/N=N/c2ccc(OC(=O)CCCCCC(=O)Oc3ccc(/N=N/c4ccc(OCCCCCCCCCC)cc4)cc3)cc2)cc1. The smallest absolute Gasteiger partial charge is 0.311 e. The van der Waals surface area contributed by atoms with E-state index in [9.17, 15) is 9.59 Å². The zero-order chi connectivity index (χ0) is 43.0. The summed E-state index contributed by atoms with van der Waals surface area (Å²) in [6.45, 7) is 5.95. The normalized spacial score (nSPS) is 11.3. The van der Waals surface area contributed by atoms with Crippen LogP contribution in [0.2, 0.25) is 0 Å². The second kappa shape index (κ2) is 30.6. The number of ether oxygens (including phenoxy) is 4. The van der Waals surface area contributed by atoms with Crippen LogP contribution in [0.4, 0.5) is 22.7 Å². The summed E-state index contributed by atoms with van der Waals surface area (Å²) in [5.41, 5.74) is 2.75. The van der Waals surface area contributed by atoms with E-state index in [4.69, 9.17) is 18.9 Å². The van der Waals surface area contributed by atoms with Gasteiger partial charge in [-0.1, -0.05) is 110 Å². The lowest BCUT2D eigenvalue weighted by Gasteiger charge is -2.06. The van der Waals surface area contributed by atoms with Gasteiger partial charge in [-0.25, -0.2) is 0 Å². The third-order valence-corrected chi connectivity index (χ3v) is 10.2. The first kappa shape index (κ1) is 48.3. The van der Waals surface area contributed by atoms with E-state index < -0.39 is 0 Å². The maximum Gasteiger partial charge on any atom is 0.311 e. The number of carbonyl (C=O) groups excluding carboxylic acids is 2. The second-order valence-corrected chi connectivity index (χ2v) is 15.5. The molecule has 0 saturated heterocycles. The molecular formula is C51H68N4O6. The molecule has 0 heterocycles. The summed E-state index contributed by atoms with van der Waals surface area (Å²) in [5.74, 6) is 1.91. The van der Waals surface area contributed by atoms with Gasteiger partial charge in [-0.15, -0.1) is 0 Å². The Morgan fingerprint density at radius 3 is 0.918 bits per heavy atom. The zero-order valence-electron chi connectivity index (χ0n) is 36.7. The van der Waals surface area contributed by atoms with Crippen LogP contribution in [0.3, 0.4) is 0 Å². The van der Waals surface area contributed by atoms with Gasteiger partial charge in [0, 0.05) is 12.8 Å². The fraction of sp³-hybridized carbons (Fsp3) is 0.490. The van der Waals surface area contributed by atoms with Crippen molar-refractivity contribution in [2.75, 3.05) is 13.2 Å². The molecular weight excluding hydrogens is 765 g/mol. The molecule has 10 nitrogen and oxygen atoms in total. The Bertz CT molecular complexity index is 1690. The number of azo groups is 2. The van der Waals surface area contributed by atoms with Crippen molar-refractivity contribution in [1.29, 1.82) is 0 Å². The third kappa shape index (κ3) is 22.2. The quantitative estimate of drug-likeness (QED) is 0.0209. The molecule has 0 amide bonds. The first-order valence-electron chi connectivity index (χ1n) is 22.9. The van der Waals surface area contributed by atoms with E-state index in [1.165, 1.54) is 89.9 Å². The van der Waals surface area contributed by atoms with E-state index in [0.29, 0.717) is 42.1 Å². The van der Waals surface area contributed by atoms with Crippen molar-refractivity contribution in [1.82, 2.24) is 0 Å². The topological polar surface area (TPSA) is 121 Å². The van der Waals surface area contributed by atoms with Crippen molar-refractivity contribution < 1.29 is 28.5 Å². The van der Waals surface area contributed by atoms with Crippen LogP contribution >= 0.6 is 0 Å². The number of nitrogens with zero attached hydrogens (tertiary/aromatic N) is 4. The van der Waals surface area contributed by atoms with Crippen LogP contribution in [0.15, 0.2) is 118 Å². The van der Waals surface area contributed by atoms with E-state index in [1.54, 1.807) is 48.5 Å². The fourth-order valence-corrected chi connectivity index (χ4v) is 6.54. The summed E-state index contributed by atoms with van der Waals surface area (Å²) < 4.78 is 22.7. The van der Waals surface area contributed by atoms with E-state index in [2.05, 4.69) is 34.3 Å². The summed E-state index contributed by atoms with van der Waals surface area (Å²) in [4.78, 5) is 24.8. The van der Waals surface area contributed by atoms with Crippen LogP contribution in [-0.4, -0.2) is 25.2 Å². The van der Waals surface area contributed by atoms with Crippen molar-refractivity contribution in [3.05, 3.63) is 97.1 Å². The molecule has 0 atom stereocenters. The van der Waals surface area contributed by atoms with Crippen LogP contribution < -0.4 is 18.9 Å². The maximum atomic E-state index is 12.4. The van der Waals surface area contributed by atoms with Gasteiger partial charge in [0.25, 0.3) is 0 Å². The molecule has 328 valence electrons. The van der Waals surface area contributed by atoms with Gasteiger partial charge in [0.2, 0.25) is 0 Å². The molecule has 0 fully saturated rings. The molecule has 0 aliphatic heterocycles. The van der Waals surface area contributed by atoms with Crippen molar-refractivity contribution in [2.45, 2.75) is 149 Å². The molecule has 0 radical (unpaired) electrons. The highest BCUT2D eigenvalue weighted by atomic mass is 16.5. The Morgan fingerprint density at radius 2 is 0.607 bits per heavy atom. The minimum atomic E-state index is -0.325. The van der Waals surface area contributed by atoms with Crippen LogP contribution in [0.5, 0.6) is 23.0 Å². The number of benzene rings is 4. The van der Waals surface area contributed by atoms with Gasteiger partial charge in [0.1, 0.15) is 23.0 Å². The molecule has 0 spiro atoms. The molecule has 0 N–H and O–H groups in total. The molecule has 0 aliphatic rings. The number of hydrogen-bond donors (Lipinski definition) is 0. The van der Waals surface area contributed by atoms with Crippen molar-refractivity contribution >= 4 is 34.7 Å². The molecule has 0 aromatic heterocycles.